The molecule has 2 aromatic carbocycles. The highest BCUT2D eigenvalue weighted by molar-refractivity contribution is 7.98. The second-order valence-electron chi connectivity index (χ2n) is 3.79. The first-order chi connectivity index (χ1) is 8.29. The van der Waals surface area contributed by atoms with Crippen LogP contribution in [0.3, 0.4) is 0 Å². The van der Waals surface area contributed by atoms with Gasteiger partial charge in [0.05, 0.1) is 5.39 Å². The second-order valence-corrected chi connectivity index (χ2v) is 4.60. The molecule has 0 amide bonds. The van der Waals surface area contributed by atoms with Crippen LogP contribution in [0.15, 0.2) is 56.8 Å². The molecule has 17 heavy (non-hydrogen) atoms. The van der Waals surface area contributed by atoms with Crippen molar-refractivity contribution in [3.05, 3.63) is 52.7 Å². The summed E-state index contributed by atoms with van der Waals surface area (Å²) in [4.78, 5) is 12.1. The molecule has 0 spiro atoms. The molecule has 0 radical (unpaired) electrons. The van der Waals surface area contributed by atoms with Crippen LogP contribution >= 0.6 is 11.8 Å². The predicted octanol–water partition coefficient (Wildman–Crippen LogP) is 3.67. The molecule has 1 aromatic heterocycles. The Morgan fingerprint density at radius 1 is 1.12 bits per heavy atom. The van der Waals surface area contributed by atoms with Gasteiger partial charge in [0.2, 0.25) is 0 Å². The highest BCUT2D eigenvalue weighted by Crippen LogP contribution is 2.25. The molecule has 2 nitrogen and oxygen atoms in total. The van der Waals surface area contributed by atoms with Crippen molar-refractivity contribution in [3.8, 4) is 0 Å². The van der Waals surface area contributed by atoms with E-state index in [1.165, 1.54) is 11.8 Å². The molecule has 0 saturated carbocycles. The topological polar surface area (TPSA) is 30.2 Å². The highest BCUT2D eigenvalue weighted by atomic mass is 32.2. The fourth-order valence-electron chi connectivity index (χ4n) is 2.01. The quantitative estimate of drug-likeness (QED) is 0.482. The zero-order chi connectivity index (χ0) is 11.8. The van der Waals surface area contributed by atoms with Crippen LogP contribution in [-0.4, -0.2) is 6.26 Å². The summed E-state index contributed by atoms with van der Waals surface area (Å²) in [5.74, 6) is 0. The largest absolute Gasteiger partial charge is 0.450 e. The first-order valence-electron chi connectivity index (χ1n) is 5.29. The van der Waals surface area contributed by atoms with Crippen LogP contribution < -0.4 is 5.43 Å². The maximum atomic E-state index is 12.1. The Morgan fingerprint density at radius 2 is 1.94 bits per heavy atom. The van der Waals surface area contributed by atoms with E-state index in [1.807, 2.05) is 42.7 Å². The molecule has 84 valence electrons. The van der Waals surface area contributed by atoms with Crippen molar-refractivity contribution in [1.29, 1.82) is 0 Å². The summed E-state index contributed by atoms with van der Waals surface area (Å²) < 4.78 is 5.66. The van der Waals surface area contributed by atoms with Crippen LogP contribution in [0.2, 0.25) is 0 Å². The first-order valence-corrected chi connectivity index (χ1v) is 6.51. The van der Waals surface area contributed by atoms with Gasteiger partial charge in [-0.2, -0.15) is 0 Å². The minimum Gasteiger partial charge on any atom is -0.450 e. The lowest BCUT2D eigenvalue weighted by molar-refractivity contribution is 0.501. The molecule has 0 N–H and O–H groups in total. The summed E-state index contributed by atoms with van der Waals surface area (Å²) in [7, 11) is 0. The summed E-state index contributed by atoms with van der Waals surface area (Å²) in [6.07, 6.45) is 1.89. The minimum absolute atomic E-state index is 0.0207. The Bertz CT molecular complexity index is 759. The van der Waals surface area contributed by atoms with Crippen LogP contribution in [0.1, 0.15) is 0 Å². The van der Waals surface area contributed by atoms with Crippen molar-refractivity contribution in [1.82, 2.24) is 0 Å². The molecule has 0 aliphatic rings. The zero-order valence-electron chi connectivity index (χ0n) is 9.27. The van der Waals surface area contributed by atoms with E-state index in [4.69, 9.17) is 4.42 Å². The fraction of sp³-hybridized carbons (Fsp3) is 0.0714. The standard InChI is InChI=1S/C14H10O2S/c1-17-13-8-11(15)14-10-5-3-2-4-9(10)6-7-12(14)16-13/h2-8H,1H3. The summed E-state index contributed by atoms with van der Waals surface area (Å²) in [5.41, 5.74) is 0.674. The van der Waals surface area contributed by atoms with Gasteiger partial charge in [-0.3, -0.25) is 4.79 Å². The minimum atomic E-state index is 0.0207. The maximum absolute atomic E-state index is 12.1. The molecular formula is C14H10O2S. The number of benzene rings is 2. The van der Waals surface area contributed by atoms with E-state index in [0.717, 1.165) is 10.8 Å². The molecule has 3 rings (SSSR count). The van der Waals surface area contributed by atoms with Gasteiger partial charge in [-0.25, -0.2) is 0 Å². The average Bonchev–Trinajstić information content (AvgIpc) is 2.37. The van der Waals surface area contributed by atoms with Crippen molar-refractivity contribution in [2.75, 3.05) is 6.26 Å². The molecule has 0 bridgehead atoms. The van der Waals surface area contributed by atoms with Gasteiger partial charge in [-0.05, 0) is 23.1 Å². The van der Waals surface area contributed by atoms with Gasteiger partial charge in [-0.1, -0.05) is 42.1 Å². The Morgan fingerprint density at radius 3 is 2.76 bits per heavy atom. The van der Waals surface area contributed by atoms with Crippen molar-refractivity contribution in [2.45, 2.75) is 5.09 Å². The van der Waals surface area contributed by atoms with E-state index in [2.05, 4.69) is 0 Å². The van der Waals surface area contributed by atoms with Gasteiger partial charge >= 0.3 is 0 Å². The maximum Gasteiger partial charge on any atom is 0.194 e. The lowest BCUT2D eigenvalue weighted by Gasteiger charge is -2.03. The lowest BCUT2D eigenvalue weighted by atomic mass is 10.1. The molecule has 0 atom stereocenters. The zero-order valence-corrected chi connectivity index (χ0v) is 10.1. The molecular weight excluding hydrogens is 232 g/mol. The van der Waals surface area contributed by atoms with E-state index in [-0.39, 0.29) is 5.43 Å². The molecule has 3 aromatic rings. The summed E-state index contributed by atoms with van der Waals surface area (Å²) in [6, 6.07) is 13.2. The third kappa shape index (κ3) is 1.63. The van der Waals surface area contributed by atoms with Crippen molar-refractivity contribution in [2.24, 2.45) is 0 Å². The summed E-state index contributed by atoms with van der Waals surface area (Å²) in [6.45, 7) is 0. The van der Waals surface area contributed by atoms with Crippen LogP contribution in [0.5, 0.6) is 0 Å². The van der Waals surface area contributed by atoms with Gasteiger partial charge in [0.15, 0.2) is 10.5 Å². The number of hydrogen-bond donors (Lipinski definition) is 0. The van der Waals surface area contributed by atoms with E-state index < -0.39 is 0 Å². The number of rotatable bonds is 1. The molecule has 0 aliphatic carbocycles. The normalized spacial score (nSPS) is 11.1. The van der Waals surface area contributed by atoms with E-state index in [9.17, 15) is 4.79 Å². The third-order valence-electron chi connectivity index (χ3n) is 2.80. The van der Waals surface area contributed by atoms with Gasteiger partial charge in [-0.15, -0.1) is 0 Å². The van der Waals surface area contributed by atoms with Crippen LogP contribution in [-0.2, 0) is 0 Å². The number of fused-ring (bicyclic) bond motifs is 3. The fourth-order valence-corrected chi connectivity index (χ4v) is 2.41. The lowest BCUT2D eigenvalue weighted by Crippen LogP contribution is -2.00. The van der Waals surface area contributed by atoms with Crippen LogP contribution in [0.4, 0.5) is 0 Å². The summed E-state index contributed by atoms with van der Waals surface area (Å²) >= 11 is 1.44. The Hall–Kier alpha value is -1.74. The molecule has 3 heteroatoms. The van der Waals surface area contributed by atoms with E-state index in [1.54, 1.807) is 6.07 Å². The van der Waals surface area contributed by atoms with Crippen LogP contribution in [0, 0.1) is 0 Å². The number of hydrogen-bond acceptors (Lipinski definition) is 3. The Kier molecular flexibility index (Phi) is 2.41. The monoisotopic (exact) mass is 242 g/mol. The smallest absolute Gasteiger partial charge is 0.194 e. The Labute approximate surface area is 102 Å². The van der Waals surface area contributed by atoms with Crippen molar-refractivity contribution in [3.63, 3.8) is 0 Å². The second kappa shape index (κ2) is 3.93. The highest BCUT2D eigenvalue weighted by Gasteiger charge is 2.07. The van der Waals surface area contributed by atoms with Gasteiger partial charge in [0, 0.05) is 6.07 Å². The van der Waals surface area contributed by atoms with E-state index >= 15 is 0 Å². The van der Waals surface area contributed by atoms with Gasteiger partial charge in [0.25, 0.3) is 0 Å². The first kappa shape index (κ1) is 10.4. The Balaban J connectivity index is 2.55. The van der Waals surface area contributed by atoms with E-state index in [0.29, 0.717) is 16.1 Å². The number of thioether (sulfide) groups is 1. The van der Waals surface area contributed by atoms with Crippen molar-refractivity contribution < 1.29 is 4.42 Å². The average molecular weight is 242 g/mol. The molecule has 0 aliphatic heterocycles. The van der Waals surface area contributed by atoms with Crippen LogP contribution in [0.25, 0.3) is 21.7 Å². The summed E-state index contributed by atoms with van der Waals surface area (Å²) in [5, 5.41) is 3.33. The van der Waals surface area contributed by atoms with Gasteiger partial charge < -0.3 is 4.42 Å². The predicted molar refractivity (Wildman–Crippen MR) is 71.8 cm³/mol. The van der Waals surface area contributed by atoms with Gasteiger partial charge in [0.1, 0.15) is 5.58 Å². The molecule has 0 fully saturated rings. The third-order valence-corrected chi connectivity index (χ3v) is 3.40. The molecule has 1 heterocycles. The SMILES string of the molecule is CSc1cc(=O)c2c(ccc3ccccc32)o1. The van der Waals surface area contributed by atoms with Crippen molar-refractivity contribution >= 4 is 33.5 Å². The molecule has 0 unspecified atom stereocenters. The molecule has 0 saturated heterocycles.